The van der Waals surface area contributed by atoms with Crippen LogP contribution in [0.4, 0.5) is 24.7 Å². The third-order valence-electron chi connectivity index (χ3n) is 11.6. The highest BCUT2D eigenvalue weighted by Gasteiger charge is 2.71. The van der Waals surface area contributed by atoms with E-state index in [0.717, 1.165) is 21.1 Å². The number of halogens is 7. The van der Waals surface area contributed by atoms with E-state index in [1.807, 2.05) is 0 Å². The molecular weight excluding hydrogens is 890 g/mol. The van der Waals surface area contributed by atoms with E-state index >= 15 is 4.79 Å². The number of nitrogens with one attached hydrogen (secondary N) is 1. The van der Waals surface area contributed by atoms with Gasteiger partial charge in [0.05, 0.1) is 46.0 Å². The molecule has 4 aliphatic rings. The highest BCUT2D eigenvalue weighted by molar-refractivity contribution is 9.10. The number of carbonyl (C=O) groups is 4. The van der Waals surface area contributed by atoms with E-state index in [1.165, 1.54) is 38.4 Å². The minimum atomic E-state index is -4.84. The summed E-state index contributed by atoms with van der Waals surface area (Å²) in [6.45, 7) is 0. The fourth-order valence-corrected chi connectivity index (χ4v) is 10.2. The number of methoxy groups -OCH3 is 1. The van der Waals surface area contributed by atoms with Crippen molar-refractivity contribution in [3.63, 3.8) is 0 Å². The summed E-state index contributed by atoms with van der Waals surface area (Å²) in [5.41, 5.74) is 1.28. The first-order chi connectivity index (χ1) is 27.5. The van der Waals surface area contributed by atoms with Gasteiger partial charge in [0.2, 0.25) is 0 Å². The van der Waals surface area contributed by atoms with Crippen molar-refractivity contribution >= 4 is 85.9 Å². The van der Waals surface area contributed by atoms with Crippen LogP contribution in [0.15, 0.2) is 88.9 Å². The van der Waals surface area contributed by atoms with E-state index < -0.39 is 76.3 Å². The number of anilines is 2. The van der Waals surface area contributed by atoms with Gasteiger partial charge in [-0.1, -0.05) is 74.5 Å². The van der Waals surface area contributed by atoms with Crippen LogP contribution >= 0.6 is 50.7 Å². The van der Waals surface area contributed by atoms with Crippen LogP contribution in [-0.4, -0.2) is 57.9 Å². The molecule has 2 N–H and O–H groups in total. The van der Waals surface area contributed by atoms with Crippen molar-refractivity contribution in [3.05, 3.63) is 121 Å². The third-order valence-corrected chi connectivity index (χ3v) is 12.9. The molecular formula is C40H30BrCl3F3N5O6. The number of benzene rings is 3. The summed E-state index contributed by atoms with van der Waals surface area (Å²) in [7, 11) is 2.70. The van der Waals surface area contributed by atoms with E-state index in [2.05, 4.69) is 26.3 Å². The number of imide groups is 2. The lowest BCUT2D eigenvalue weighted by Gasteiger charge is -2.50. The van der Waals surface area contributed by atoms with E-state index in [0.29, 0.717) is 32.4 Å². The Labute approximate surface area is 352 Å². The van der Waals surface area contributed by atoms with Crippen LogP contribution in [0.1, 0.15) is 35.6 Å². The molecule has 0 radical (unpaired) electrons. The molecule has 0 bridgehead atoms. The number of phenols is 1. The van der Waals surface area contributed by atoms with Crippen LogP contribution in [0.25, 0.3) is 0 Å². The minimum Gasteiger partial charge on any atom is -0.508 e. The monoisotopic (exact) mass is 917 g/mol. The Balaban J connectivity index is 1.30. The largest absolute Gasteiger partial charge is 0.508 e. The van der Waals surface area contributed by atoms with Crippen molar-refractivity contribution < 1.29 is 42.2 Å². The molecule has 3 aromatic carbocycles. The lowest BCUT2D eigenvalue weighted by atomic mass is 9.49. The summed E-state index contributed by atoms with van der Waals surface area (Å²) in [6, 6.07) is 17.5. The van der Waals surface area contributed by atoms with Gasteiger partial charge in [-0.15, -0.1) is 0 Å². The number of hydrazine groups is 2. The molecule has 2 aliphatic carbocycles. The van der Waals surface area contributed by atoms with Crippen LogP contribution in [-0.2, 0) is 30.8 Å². The molecule has 4 amide bonds. The molecule has 1 saturated carbocycles. The fraction of sp³-hybridized carbons (Fsp3) is 0.275. The minimum absolute atomic E-state index is 0.00568. The van der Waals surface area contributed by atoms with Gasteiger partial charge in [-0.3, -0.25) is 29.6 Å². The smallest absolute Gasteiger partial charge is 0.433 e. The maximum Gasteiger partial charge on any atom is 0.433 e. The van der Waals surface area contributed by atoms with Gasteiger partial charge in [-0.2, -0.15) is 23.2 Å². The number of nitrogens with zero attached hydrogens (tertiary/aromatic N) is 4. The second kappa shape index (κ2) is 14.5. The Morgan fingerprint density at radius 2 is 1.66 bits per heavy atom. The molecule has 0 unspecified atom stereocenters. The summed E-state index contributed by atoms with van der Waals surface area (Å²) in [5.74, 6) is -8.28. The molecule has 0 spiro atoms. The molecule has 18 heteroatoms. The van der Waals surface area contributed by atoms with E-state index in [4.69, 9.17) is 39.5 Å². The lowest BCUT2D eigenvalue weighted by molar-refractivity contribution is -0.142. The van der Waals surface area contributed by atoms with Crippen molar-refractivity contribution in [2.45, 2.75) is 30.4 Å². The zero-order valence-corrected chi connectivity index (χ0v) is 34.1. The maximum atomic E-state index is 15.4. The second-order valence-electron chi connectivity index (χ2n) is 14.4. The van der Waals surface area contributed by atoms with Crippen molar-refractivity contribution in [3.8, 4) is 11.5 Å². The predicted octanol–water partition coefficient (Wildman–Crippen LogP) is 8.57. The number of aromatic nitrogens is 1. The summed E-state index contributed by atoms with van der Waals surface area (Å²) in [5, 5.41) is 14.4. The SMILES string of the molecule is COc1ccc([C@@]23C(=O)N(Nc4ccc(Cl)cc4Cl)C(=O)[C@@H]2C[C@@H]2C(=CC[C@@H]4C(=O)N(N(C)c5nc(C(F)(F)F)ccc5Cl)C(=O)[C@@H]42)[C@@H]3c2cc(Br)ccc2O)cc1. The normalized spacial score (nSPS) is 25.3. The average molecular weight is 920 g/mol. The molecule has 6 atom stereocenters. The van der Waals surface area contributed by atoms with Crippen molar-refractivity contribution in [1.82, 2.24) is 15.0 Å². The van der Waals surface area contributed by atoms with Crippen molar-refractivity contribution in [1.29, 1.82) is 0 Å². The number of hydrogen-bond acceptors (Lipinski definition) is 9. The van der Waals surface area contributed by atoms with Crippen LogP contribution < -0.4 is 15.2 Å². The number of carbonyl (C=O) groups excluding carboxylic acids is 4. The van der Waals surface area contributed by atoms with Gasteiger partial charge in [0.25, 0.3) is 23.6 Å². The number of hydrogen-bond donors (Lipinski definition) is 2. The van der Waals surface area contributed by atoms with Crippen LogP contribution in [0, 0.1) is 23.7 Å². The Morgan fingerprint density at radius 1 is 0.931 bits per heavy atom. The molecule has 58 heavy (non-hydrogen) atoms. The molecule has 11 nitrogen and oxygen atoms in total. The number of aromatic hydroxyl groups is 1. The number of ether oxygens (including phenoxy) is 1. The van der Waals surface area contributed by atoms with Gasteiger partial charge in [-0.05, 0) is 85.0 Å². The topological polar surface area (TPSA) is 132 Å². The predicted molar refractivity (Wildman–Crippen MR) is 211 cm³/mol. The standard InChI is InChI=1S/C40H30BrCl3F3N5O6/c1-50(34-27(43)11-14-31(48-34)40(45,46)47)52-35(54)23-10-9-22-24(32(23)37(52)56)17-26-36(55)51(49-29-12-6-20(42)16-28(29)44)38(57)39(26,18-3-7-21(58-2)8-4-18)33(22)25-15-19(41)5-13-30(25)53/h3-9,11-16,23-24,26,32-33,49,53H,10,17H2,1-2H3/t23-,24+,26-,32-,33+,39+/m0/s1. The Hall–Kier alpha value is -4.83. The zero-order valence-electron chi connectivity index (χ0n) is 30.2. The molecule has 3 fully saturated rings. The molecule has 2 aliphatic heterocycles. The Morgan fingerprint density at radius 3 is 2.33 bits per heavy atom. The molecule has 2 saturated heterocycles. The summed E-state index contributed by atoms with van der Waals surface area (Å²) < 4.78 is 47.1. The van der Waals surface area contributed by atoms with Gasteiger partial charge in [0.15, 0.2) is 5.82 Å². The van der Waals surface area contributed by atoms with Gasteiger partial charge in [0.1, 0.15) is 17.2 Å². The van der Waals surface area contributed by atoms with Gasteiger partial charge >= 0.3 is 6.18 Å². The number of alkyl halides is 3. The number of phenolic OH excluding ortho intramolecular Hbond substituents is 1. The van der Waals surface area contributed by atoms with Crippen LogP contribution in [0.3, 0.4) is 0 Å². The number of fused-ring (bicyclic) bond motifs is 4. The van der Waals surface area contributed by atoms with E-state index in [1.54, 1.807) is 42.5 Å². The first-order valence-electron chi connectivity index (χ1n) is 17.8. The summed E-state index contributed by atoms with van der Waals surface area (Å²) >= 11 is 22.5. The highest BCUT2D eigenvalue weighted by atomic mass is 79.9. The van der Waals surface area contributed by atoms with Crippen LogP contribution in [0.2, 0.25) is 15.1 Å². The van der Waals surface area contributed by atoms with Gasteiger partial charge in [0, 0.05) is 28.0 Å². The highest BCUT2D eigenvalue weighted by Crippen LogP contribution is 2.65. The second-order valence-corrected chi connectivity index (χ2v) is 16.6. The molecule has 3 heterocycles. The zero-order chi connectivity index (χ0) is 41.6. The van der Waals surface area contributed by atoms with Crippen LogP contribution in [0.5, 0.6) is 11.5 Å². The molecule has 300 valence electrons. The number of rotatable bonds is 7. The Kier molecular flexibility index (Phi) is 9.97. The van der Waals surface area contributed by atoms with Gasteiger partial charge in [-0.25, -0.2) is 4.98 Å². The number of allylic oxidation sites excluding steroid dienone is 2. The summed E-state index contributed by atoms with van der Waals surface area (Å²) in [4.78, 5) is 62.9. The first-order valence-corrected chi connectivity index (χ1v) is 19.7. The maximum absolute atomic E-state index is 15.4. The first kappa shape index (κ1) is 40.0. The molecule has 8 rings (SSSR count). The number of amides is 4. The molecule has 4 aromatic rings. The quantitative estimate of drug-likeness (QED) is 0.138. The van der Waals surface area contributed by atoms with Crippen molar-refractivity contribution in [2.75, 3.05) is 24.6 Å². The Bertz CT molecular complexity index is 2460. The van der Waals surface area contributed by atoms with Crippen molar-refractivity contribution in [2.24, 2.45) is 23.7 Å². The third kappa shape index (κ3) is 6.11. The average Bonchev–Trinajstić information content (AvgIpc) is 3.56. The number of pyridine rings is 1. The van der Waals surface area contributed by atoms with E-state index in [9.17, 15) is 32.7 Å². The lowest BCUT2D eigenvalue weighted by Crippen LogP contribution is -2.53. The fourth-order valence-electron chi connectivity index (χ4n) is 9.13. The van der Waals surface area contributed by atoms with E-state index in [-0.39, 0.29) is 39.9 Å². The van der Waals surface area contributed by atoms with Gasteiger partial charge < -0.3 is 9.84 Å². The molecule has 1 aromatic heterocycles. The summed E-state index contributed by atoms with van der Waals surface area (Å²) in [6.07, 6.45) is -3.19.